The molecule has 1 atom stereocenters. The van der Waals surface area contributed by atoms with Crippen LogP contribution in [0.15, 0.2) is 59.0 Å². The molecule has 1 aliphatic heterocycles. The lowest BCUT2D eigenvalue weighted by atomic mass is 10.1. The molecule has 2 aromatic carbocycles. The molecule has 7 heteroatoms. The molecule has 0 radical (unpaired) electrons. The van der Waals surface area contributed by atoms with Gasteiger partial charge in [0.2, 0.25) is 15.7 Å². The Morgan fingerprint density at radius 1 is 1.14 bits per heavy atom. The Hall–Kier alpha value is -2.64. The number of nitrogens with two attached hydrogens (primary N) is 1. The number of fused-ring (bicyclic) bond motifs is 1. The Labute approximate surface area is 164 Å². The minimum absolute atomic E-state index is 0.0894. The number of hydrogen-bond acceptors (Lipinski definition) is 5. The number of primary amides is 1. The molecule has 6 nitrogen and oxygen atoms in total. The maximum absolute atomic E-state index is 13.1. The van der Waals surface area contributed by atoms with Crippen molar-refractivity contribution < 1.29 is 22.7 Å². The molecular formula is C21H23NO5S. The zero-order chi connectivity index (χ0) is 20.1. The minimum Gasteiger partial charge on any atom is -0.494 e. The smallest absolute Gasteiger partial charge is 0.244 e. The van der Waals surface area contributed by atoms with Crippen molar-refractivity contribution in [3.63, 3.8) is 0 Å². The van der Waals surface area contributed by atoms with E-state index in [-0.39, 0.29) is 23.5 Å². The fourth-order valence-electron chi connectivity index (χ4n) is 2.95. The summed E-state index contributed by atoms with van der Waals surface area (Å²) in [5, 5.41) is 0. The highest BCUT2D eigenvalue weighted by Gasteiger charge is 2.34. The van der Waals surface area contributed by atoms with Crippen LogP contribution >= 0.6 is 0 Å². The molecule has 0 aromatic heterocycles. The van der Waals surface area contributed by atoms with Crippen molar-refractivity contribution in [1.82, 2.24) is 0 Å². The van der Waals surface area contributed by atoms with Gasteiger partial charge >= 0.3 is 0 Å². The van der Waals surface area contributed by atoms with Crippen molar-refractivity contribution in [1.29, 1.82) is 0 Å². The van der Waals surface area contributed by atoms with Gasteiger partial charge in [-0.3, -0.25) is 4.79 Å². The molecule has 2 N–H and O–H groups in total. The molecule has 0 saturated heterocycles. The number of benzene rings is 2. The molecule has 0 aliphatic carbocycles. The van der Waals surface area contributed by atoms with Crippen LogP contribution in [0.5, 0.6) is 5.75 Å². The molecule has 28 heavy (non-hydrogen) atoms. The van der Waals surface area contributed by atoms with E-state index in [1.807, 2.05) is 31.2 Å². The van der Waals surface area contributed by atoms with Gasteiger partial charge in [0.05, 0.1) is 18.1 Å². The molecule has 1 aliphatic rings. The van der Waals surface area contributed by atoms with E-state index >= 15 is 0 Å². The van der Waals surface area contributed by atoms with E-state index in [4.69, 9.17) is 15.2 Å². The third kappa shape index (κ3) is 4.43. The monoisotopic (exact) mass is 401 g/mol. The predicted octanol–water partition coefficient (Wildman–Crippen LogP) is 3.06. The number of sulfone groups is 1. The molecule has 0 bridgehead atoms. The Balaban J connectivity index is 1.81. The lowest BCUT2D eigenvalue weighted by molar-refractivity contribution is -0.114. The van der Waals surface area contributed by atoms with Crippen LogP contribution in [0.1, 0.15) is 30.9 Å². The maximum atomic E-state index is 13.1. The first-order valence-electron chi connectivity index (χ1n) is 9.08. The third-order valence-corrected chi connectivity index (χ3v) is 6.42. The van der Waals surface area contributed by atoms with Crippen molar-refractivity contribution in [2.75, 3.05) is 6.61 Å². The van der Waals surface area contributed by atoms with Crippen molar-refractivity contribution in [2.24, 2.45) is 5.73 Å². The average Bonchev–Trinajstić information content (AvgIpc) is 2.80. The summed E-state index contributed by atoms with van der Waals surface area (Å²) in [6, 6.07) is 13.8. The van der Waals surface area contributed by atoms with Gasteiger partial charge in [0.15, 0.2) is 5.44 Å². The van der Waals surface area contributed by atoms with Gasteiger partial charge in [-0.1, -0.05) is 37.3 Å². The highest BCUT2D eigenvalue weighted by atomic mass is 32.2. The van der Waals surface area contributed by atoms with Gasteiger partial charge in [0.1, 0.15) is 5.75 Å². The molecule has 2 aromatic rings. The fourth-order valence-corrected chi connectivity index (χ4v) is 4.60. The van der Waals surface area contributed by atoms with Crippen LogP contribution < -0.4 is 10.5 Å². The number of amides is 1. The van der Waals surface area contributed by atoms with Crippen LogP contribution in [0, 0.1) is 0 Å². The largest absolute Gasteiger partial charge is 0.494 e. The van der Waals surface area contributed by atoms with Crippen LogP contribution in [-0.2, 0) is 26.0 Å². The highest BCUT2D eigenvalue weighted by Crippen LogP contribution is 2.31. The molecule has 148 valence electrons. The van der Waals surface area contributed by atoms with Crippen LogP contribution in [0.3, 0.4) is 0 Å². The summed E-state index contributed by atoms with van der Waals surface area (Å²) in [5.41, 5.74) is 5.72. The van der Waals surface area contributed by atoms with E-state index in [9.17, 15) is 13.2 Å². The summed E-state index contributed by atoms with van der Waals surface area (Å²) >= 11 is 0. The molecule has 1 heterocycles. The summed E-state index contributed by atoms with van der Waals surface area (Å²) in [7, 11) is -3.78. The first kappa shape index (κ1) is 20.1. The van der Waals surface area contributed by atoms with Crippen LogP contribution in [-0.4, -0.2) is 26.4 Å². The summed E-state index contributed by atoms with van der Waals surface area (Å²) in [6.07, 6.45) is 2.35. The number of carbonyl (C=O) groups is 1. The first-order chi connectivity index (χ1) is 13.4. The zero-order valence-electron chi connectivity index (χ0n) is 15.6. The molecule has 0 spiro atoms. The second-order valence-corrected chi connectivity index (χ2v) is 8.61. The van der Waals surface area contributed by atoms with Gasteiger partial charge in [0, 0.05) is 12.0 Å². The number of ether oxygens (including phenoxy) is 2. The van der Waals surface area contributed by atoms with Crippen molar-refractivity contribution in [2.45, 2.75) is 36.7 Å². The molecule has 1 amide bonds. The van der Waals surface area contributed by atoms with Crippen LogP contribution in [0.4, 0.5) is 0 Å². The summed E-state index contributed by atoms with van der Waals surface area (Å²) in [6.45, 7) is 2.76. The second-order valence-electron chi connectivity index (χ2n) is 6.55. The molecule has 0 fully saturated rings. The van der Waals surface area contributed by atoms with Gasteiger partial charge < -0.3 is 15.2 Å². The summed E-state index contributed by atoms with van der Waals surface area (Å²) in [4.78, 5) is 11.9. The maximum Gasteiger partial charge on any atom is 0.244 e. The van der Waals surface area contributed by atoms with E-state index in [1.54, 1.807) is 18.2 Å². The number of rotatable bonds is 7. The Kier molecular flexibility index (Phi) is 6.16. The lowest BCUT2D eigenvalue weighted by Crippen LogP contribution is -2.27. The Morgan fingerprint density at radius 2 is 1.86 bits per heavy atom. The van der Waals surface area contributed by atoms with Gasteiger partial charge in [0.25, 0.3) is 0 Å². The SMILES string of the molecule is CCCOc1ccc(COC2CC(C(N)=O)=Cc3ccccc3S2(=O)=O)cc1. The van der Waals surface area contributed by atoms with Crippen LogP contribution in [0.2, 0.25) is 0 Å². The molecular weight excluding hydrogens is 378 g/mol. The van der Waals surface area contributed by atoms with Gasteiger partial charge in [-0.15, -0.1) is 0 Å². The highest BCUT2D eigenvalue weighted by molar-refractivity contribution is 7.92. The molecule has 3 rings (SSSR count). The van der Waals surface area contributed by atoms with E-state index in [0.29, 0.717) is 12.2 Å². The first-order valence-corrected chi connectivity index (χ1v) is 10.6. The zero-order valence-corrected chi connectivity index (χ0v) is 16.4. The van der Waals surface area contributed by atoms with Crippen molar-refractivity contribution in [3.05, 3.63) is 65.2 Å². The van der Waals surface area contributed by atoms with Crippen molar-refractivity contribution in [3.8, 4) is 5.75 Å². The minimum atomic E-state index is -3.78. The predicted molar refractivity (Wildman–Crippen MR) is 106 cm³/mol. The fraction of sp³-hybridized carbons (Fsp3) is 0.286. The lowest BCUT2D eigenvalue weighted by Gasteiger charge is -2.18. The Bertz CT molecular complexity index is 980. The van der Waals surface area contributed by atoms with Gasteiger partial charge in [-0.2, -0.15) is 0 Å². The van der Waals surface area contributed by atoms with Gasteiger partial charge in [-0.05, 0) is 41.8 Å². The standard InChI is InChI=1S/C21H23NO5S/c1-2-11-26-18-9-7-15(8-10-18)14-27-20-13-17(21(22)23)12-16-5-3-4-6-19(16)28(20,24)25/h3-10,12,20H,2,11,13-14H2,1H3,(H2,22,23). The second kappa shape index (κ2) is 8.58. The average molecular weight is 401 g/mol. The Morgan fingerprint density at radius 3 is 2.54 bits per heavy atom. The topological polar surface area (TPSA) is 95.7 Å². The van der Waals surface area contributed by atoms with Crippen LogP contribution in [0.25, 0.3) is 6.08 Å². The third-order valence-electron chi connectivity index (χ3n) is 4.44. The van der Waals surface area contributed by atoms with Crippen molar-refractivity contribution >= 4 is 21.8 Å². The molecule has 1 unspecified atom stereocenters. The summed E-state index contributed by atoms with van der Waals surface area (Å²) in [5.74, 6) is 0.0958. The van der Waals surface area contributed by atoms with Gasteiger partial charge in [-0.25, -0.2) is 8.42 Å². The van der Waals surface area contributed by atoms with E-state index < -0.39 is 21.2 Å². The van der Waals surface area contributed by atoms with E-state index in [2.05, 4.69) is 0 Å². The summed E-state index contributed by atoms with van der Waals surface area (Å²) < 4.78 is 37.4. The molecule has 0 saturated carbocycles. The quantitative estimate of drug-likeness (QED) is 0.769. The van der Waals surface area contributed by atoms with E-state index in [0.717, 1.165) is 17.7 Å². The number of carbonyl (C=O) groups excluding carboxylic acids is 1. The number of hydrogen-bond donors (Lipinski definition) is 1. The van der Waals surface area contributed by atoms with E-state index in [1.165, 1.54) is 12.1 Å². The normalized spacial score (nSPS) is 17.9.